The van der Waals surface area contributed by atoms with E-state index in [1.165, 1.54) is 5.06 Å². The minimum Gasteiger partial charge on any atom is -0.311 e. The number of rotatable bonds is 0. The van der Waals surface area contributed by atoms with Crippen molar-refractivity contribution in [3.8, 4) is 0 Å². The molecule has 1 fully saturated rings. The van der Waals surface area contributed by atoms with Gasteiger partial charge < -0.3 is 10.5 Å². The lowest BCUT2D eigenvalue weighted by atomic mass is 9.75. The summed E-state index contributed by atoms with van der Waals surface area (Å²) in [5, 5.41) is 15.8. The van der Waals surface area contributed by atoms with Crippen LogP contribution < -0.4 is 5.32 Å². The van der Waals surface area contributed by atoms with Crippen molar-refractivity contribution in [1.29, 1.82) is 0 Å². The monoisotopic (exact) mass is 253 g/mol. The highest BCUT2D eigenvalue weighted by molar-refractivity contribution is 5.92. The molecule has 0 unspecified atom stereocenters. The Morgan fingerprint density at radius 2 is 1.50 bits per heavy atom. The molecule has 4 nitrogen and oxygen atoms in total. The molecule has 1 saturated heterocycles. The van der Waals surface area contributed by atoms with Gasteiger partial charge in [-0.05, 0) is 48.5 Å². The lowest BCUT2D eigenvalue weighted by Crippen LogP contribution is -2.67. The van der Waals surface area contributed by atoms with E-state index in [-0.39, 0.29) is 16.6 Å². The van der Waals surface area contributed by atoms with Gasteiger partial charge in [0.1, 0.15) is 5.66 Å². The molecule has 18 heavy (non-hydrogen) atoms. The van der Waals surface area contributed by atoms with Crippen molar-refractivity contribution in [2.45, 2.75) is 83.6 Å². The first-order chi connectivity index (χ1) is 7.90. The molecule has 2 heterocycles. The van der Waals surface area contributed by atoms with Crippen LogP contribution in [0.2, 0.25) is 0 Å². The van der Waals surface area contributed by atoms with Crippen LogP contribution in [0.3, 0.4) is 0 Å². The summed E-state index contributed by atoms with van der Waals surface area (Å²) in [6.45, 7) is 14.8. The van der Waals surface area contributed by atoms with Crippen molar-refractivity contribution in [3.63, 3.8) is 0 Å². The molecular formula is C14H27N3O. The maximum Gasteiger partial charge on any atom is 0.139 e. The van der Waals surface area contributed by atoms with E-state index in [1.807, 2.05) is 20.8 Å². The maximum atomic E-state index is 10.7. The molecule has 2 N–H and O–H groups in total. The summed E-state index contributed by atoms with van der Waals surface area (Å²) in [6.07, 6.45) is 1.64. The smallest absolute Gasteiger partial charge is 0.139 e. The third kappa shape index (κ3) is 2.00. The second kappa shape index (κ2) is 3.56. The summed E-state index contributed by atoms with van der Waals surface area (Å²) in [6, 6.07) is 0. The predicted molar refractivity (Wildman–Crippen MR) is 74.1 cm³/mol. The van der Waals surface area contributed by atoms with Gasteiger partial charge in [-0.2, -0.15) is 5.06 Å². The van der Waals surface area contributed by atoms with Gasteiger partial charge in [-0.15, -0.1) is 0 Å². The number of hydrogen-bond donors (Lipinski definition) is 2. The van der Waals surface area contributed by atoms with E-state index in [4.69, 9.17) is 4.99 Å². The highest BCUT2D eigenvalue weighted by atomic mass is 16.5. The number of aliphatic imine (C=N–C) groups is 1. The third-order valence-corrected chi connectivity index (χ3v) is 4.31. The molecule has 0 amide bonds. The summed E-state index contributed by atoms with van der Waals surface area (Å²) < 4.78 is 0. The Hall–Kier alpha value is -0.450. The lowest BCUT2D eigenvalue weighted by Gasteiger charge is -2.53. The quantitative estimate of drug-likeness (QED) is 0.697. The summed E-state index contributed by atoms with van der Waals surface area (Å²) in [4.78, 5) is 4.86. The van der Waals surface area contributed by atoms with Crippen LogP contribution in [-0.2, 0) is 0 Å². The molecule has 2 rings (SSSR count). The average Bonchev–Trinajstić information content (AvgIpc) is 2.22. The van der Waals surface area contributed by atoms with Crippen LogP contribution in [0.5, 0.6) is 0 Å². The fourth-order valence-electron chi connectivity index (χ4n) is 3.88. The van der Waals surface area contributed by atoms with Gasteiger partial charge in [-0.3, -0.25) is 4.99 Å². The number of nitrogens with one attached hydrogen (secondary N) is 1. The van der Waals surface area contributed by atoms with Gasteiger partial charge in [0.05, 0.1) is 5.54 Å². The van der Waals surface area contributed by atoms with Crippen LogP contribution in [0.4, 0.5) is 0 Å². The van der Waals surface area contributed by atoms with Crippen LogP contribution >= 0.6 is 0 Å². The first kappa shape index (κ1) is 14.0. The SMILES string of the molecule is CC1=NC2(CC(C)(C)NC(C)(C)C2)N(O)C1(C)C. The van der Waals surface area contributed by atoms with Crippen LogP contribution in [0, 0.1) is 0 Å². The molecule has 4 heteroatoms. The zero-order chi connectivity index (χ0) is 14.0. The summed E-state index contributed by atoms with van der Waals surface area (Å²) in [5.41, 5.74) is 0.0911. The van der Waals surface area contributed by atoms with Gasteiger partial charge in [0.15, 0.2) is 0 Å². The van der Waals surface area contributed by atoms with Gasteiger partial charge in [0.2, 0.25) is 0 Å². The molecule has 0 aromatic rings. The van der Waals surface area contributed by atoms with Crippen molar-refractivity contribution in [1.82, 2.24) is 10.4 Å². The van der Waals surface area contributed by atoms with Crippen molar-refractivity contribution >= 4 is 5.71 Å². The molecule has 0 saturated carbocycles. The van der Waals surface area contributed by atoms with E-state index in [0.29, 0.717) is 0 Å². The summed E-state index contributed by atoms with van der Waals surface area (Å²) in [7, 11) is 0. The maximum absolute atomic E-state index is 10.7. The number of piperidine rings is 1. The van der Waals surface area contributed by atoms with E-state index in [1.54, 1.807) is 0 Å². The molecule has 0 aromatic carbocycles. The second-order valence-corrected chi connectivity index (χ2v) is 7.80. The van der Waals surface area contributed by atoms with E-state index < -0.39 is 5.66 Å². The number of hydroxylamine groups is 2. The van der Waals surface area contributed by atoms with Crippen LogP contribution in [0.15, 0.2) is 4.99 Å². The van der Waals surface area contributed by atoms with Gasteiger partial charge >= 0.3 is 0 Å². The molecule has 0 radical (unpaired) electrons. The lowest BCUT2D eigenvalue weighted by molar-refractivity contribution is -0.221. The van der Waals surface area contributed by atoms with Gasteiger partial charge in [0.25, 0.3) is 0 Å². The van der Waals surface area contributed by atoms with Crippen molar-refractivity contribution in [3.05, 3.63) is 0 Å². The Bertz CT molecular complexity index is 380. The van der Waals surface area contributed by atoms with Crippen LogP contribution in [-0.4, -0.2) is 38.3 Å². The first-order valence-electron chi connectivity index (χ1n) is 6.76. The topological polar surface area (TPSA) is 47.9 Å². The van der Waals surface area contributed by atoms with E-state index in [9.17, 15) is 5.21 Å². The van der Waals surface area contributed by atoms with Crippen LogP contribution in [0.1, 0.15) is 61.3 Å². The highest BCUT2D eigenvalue weighted by Crippen LogP contribution is 2.46. The molecular weight excluding hydrogens is 226 g/mol. The van der Waals surface area contributed by atoms with E-state index >= 15 is 0 Å². The molecule has 0 aromatic heterocycles. The summed E-state index contributed by atoms with van der Waals surface area (Å²) >= 11 is 0. The fourth-order valence-corrected chi connectivity index (χ4v) is 3.88. The zero-order valence-corrected chi connectivity index (χ0v) is 12.8. The Balaban J connectivity index is 2.44. The molecule has 1 spiro atoms. The largest absolute Gasteiger partial charge is 0.311 e. The summed E-state index contributed by atoms with van der Waals surface area (Å²) in [5.74, 6) is 0. The Kier molecular flexibility index (Phi) is 2.76. The Labute approximate surface area is 110 Å². The Morgan fingerprint density at radius 3 is 1.83 bits per heavy atom. The number of hydrogen-bond acceptors (Lipinski definition) is 4. The predicted octanol–water partition coefficient (Wildman–Crippen LogP) is 2.57. The van der Waals surface area contributed by atoms with E-state index in [0.717, 1.165) is 18.6 Å². The Morgan fingerprint density at radius 1 is 1.06 bits per heavy atom. The third-order valence-electron chi connectivity index (χ3n) is 4.31. The normalized spacial score (nSPS) is 32.6. The first-order valence-corrected chi connectivity index (χ1v) is 6.76. The molecule has 0 bridgehead atoms. The van der Waals surface area contributed by atoms with Gasteiger partial charge in [-0.1, -0.05) is 0 Å². The van der Waals surface area contributed by atoms with E-state index in [2.05, 4.69) is 33.0 Å². The minimum absolute atomic E-state index is 0.0348. The minimum atomic E-state index is -0.480. The molecule has 2 aliphatic heterocycles. The average molecular weight is 253 g/mol. The molecule has 104 valence electrons. The highest BCUT2D eigenvalue weighted by Gasteiger charge is 2.57. The van der Waals surface area contributed by atoms with Crippen LogP contribution in [0.25, 0.3) is 0 Å². The van der Waals surface area contributed by atoms with Crippen molar-refractivity contribution in [2.24, 2.45) is 4.99 Å². The fraction of sp³-hybridized carbons (Fsp3) is 0.929. The van der Waals surface area contributed by atoms with Crippen molar-refractivity contribution < 1.29 is 5.21 Å². The second-order valence-electron chi connectivity index (χ2n) is 7.80. The standard InChI is InChI=1S/C14H27N3O/c1-10-13(6,7)17(18)14(15-10)8-11(2,3)16-12(4,5)9-14/h16,18H,8-9H2,1-7H3. The zero-order valence-electron chi connectivity index (χ0n) is 12.8. The molecule has 0 aliphatic carbocycles. The molecule has 2 aliphatic rings. The van der Waals surface area contributed by atoms with Crippen molar-refractivity contribution in [2.75, 3.05) is 0 Å². The number of nitrogens with zero attached hydrogens (tertiary/aromatic N) is 2. The van der Waals surface area contributed by atoms with Gasteiger partial charge in [-0.25, -0.2) is 0 Å². The molecule has 0 atom stereocenters. The van der Waals surface area contributed by atoms with Gasteiger partial charge in [0, 0.05) is 29.6 Å².